The van der Waals surface area contributed by atoms with E-state index >= 15 is 0 Å². The van der Waals surface area contributed by atoms with Gasteiger partial charge in [0.05, 0.1) is 5.69 Å². The third-order valence-electron chi connectivity index (χ3n) is 3.60. The van der Waals surface area contributed by atoms with Crippen molar-refractivity contribution in [3.05, 3.63) is 42.0 Å². The zero-order chi connectivity index (χ0) is 14.8. The molecule has 1 fully saturated rings. The highest BCUT2D eigenvalue weighted by molar-refractivity contribution is 6.03. The Bertz CT molecular complexity index is 661. The van der Waals surface area contributed by atoms with Crippen LogP contribution in [0.2, 0.25) is 0 Å². The number of benzene rings is 1. The summed E-state index contributed by atoms with van der Waals surface area (Å²) in [6.07, 6.45) is 3.71. The smallest absolute Gasteiger partial charge is 0.272 e. The molecule has 1 saturated heterocycles. The summed E-state index contributed by atoms with van der Waals surface area (Å²) in [6.45, 7) is 1.76. The molecule has 0 aliphatic carbocycles. The van der Waals surface area contributed by atoms with Crippen molar-refractivity contribution in [3.8, 4) is 0 Å². The van der Waals surface area contributed by atoms with Crippen molar-refractivity contribution in [2.45, 2.75) is 12.8 Å². The quantitative estimate of drug-likeness (QED) is 0.812. The SMILES string of the molecule is Nc1c[nH]c(C(=O)Nc2ccc(N3CCCC3)c(F)c2)c1. The van der Waals surface area contributed by atoms with Gasteiger partial charge in [0.2, 0.25) is 0 Å². The van der Waals surface area contributed by atoms with E-state index in [0.717, 1.165) is 25.9 Å². The zero-order valence-corrected chi connectivity index (χ0v) is 11.5. The minimum atomic E-state index is -0.347. The second-order valence-corrected chi connectivity index (χ2v) is 5.16. The number of amides is 1. The molecule has 5 nitrogen and oxygen atoms in total. The minimum Gasteiger partial charge on any atom is -0.397 e. The average Bonchev–Trinajstić information content (AvgIpc) is 3.10. The average molecular weight is 288 g/mol. The number of carbonyl (C=O) groups is 1. The number of hydrogen-bond donors (Lipinski definition) is 3. The fourth-order valence-electron chi connectivity index (χ4n) is 2.54. The van der Waals surface area contributed by atoms with Crippen LogP contribution in [0.25, 0.3) is 0 Å². The Labute approximate surface area is 121 Å². The van der Waals surface area contributed by atoms with Crippen molar-refractivity contribution in [2.75, 3.05) is 29.0 Å². The minimum absolute atomic E-state index is 0.319. The van der Waals surface area contributed by atoms with E-state index in [1.807, 2.05) is 4.90 Å². The molecular weight excluding hydrogens is 271 g/mol. The molecule has 0 radical (unpaired) electrons. The van der Waals surface area contributed by atoms with Gasteiger partial charge in [0.25, 0.3) is 5.91 Å². The van der Waals surface area contributed by atoms with Crippen LogP contribution in [0, 0.1) is 5.82 Å². The molecule has 21 heavy (non-hydrogen) atoms. The van der Waals surface area contributed by atoms with Crippen molar-refractivity contribution in [2.24, 2.45) is 0 Å². The summed E-state index contributed by atoms with van der Waals surface area (Å²) in [5.74, 6) is -0.666. The Balaban J connectivity index is 1.74. The van der Waals surface area contributed by atoms with Gasteiger partial charge in [-0.2, -0.15) is 0 Å². The Morgan fingerprint density at radius 2 is 2.05 bits per heavy atom. The maximum absolute atomic E-state index is 14.1. The maximum atomic E-state index is 14.1. The largest absolute Gasteiger partial charge is 0.397 e. The van der Waals surface area contributed by atoms with Crippen LogP contribution >= 0.6 is 0 Å². The topological polar surface area (TPSA) is 74.1 Å². The van der Waals surface area contributed by atoms with E-state index in [1.165, 1.54) is 18.3 Å². The lowest BCUT2D eigenvalue weighted by molar-refractivity contribution is 0.102. The molecule has 110 valence electrons. The number of aromatic amines is 1. The molecule has 2 aromatic rings. The first-order valence-electron chi connectivity index (χ1n) is 6.93. The first kappa shape index (κ1) is 13.5. The third-order valence-corrected chi connectivity index (χ3v) is 3.60. The Morgan fingerprint density at radius 3 is 2.67 bits per heavy atom. The highest BCUT2D eigenvalue weighted by Gasteiger charge is 2.17. The van der Waals surface area contributed by atoms with Crippen molar-refractivity contribution in [3.63, 3.8) is 0 Å². The van der Waals surface area contributed by atoms with E-state index in [2.05, 4.69) is 10.3 Å². The molecule has 1 aliphatic rings. The Morgan fingerprint density at radius 1 is 1.29 bits per heavy atom. The van der Waals surface area contributed by atoms with E-state index in [0.29, 0.717) is 22.8 Å². The van der Waals surface area contributed by atoms with E-state index in [4.69, 9.17) is 5.73 Å². The number of anilines is 3. The van der Waals surface area contributed by atoms with Gasteiger partial charge >= 0.3 is 0 Å². The van der Waals surface area contributed by atoms with Crippen LogP contribution in [0.3, 0.4) is 0 Å². The van der Waals surface area contributed by atoms with Gasteiger partial charge in [-0.15, -0.1) is 0 Å². The lowest BCUT2D eigenvalue weighted by atomic mass is 10.2. The van der Waals surface area contributed by atoms with Crippen LogP contribution < -0.4 is 16.0 Å². The van der Waals surface area contributed by atoms with E-state index in [9.17, 15) is 9.18 Å². The molecule has 1 amide bonds. The number of nitrogens with zero attached hydrogens (tertiary/aromatic N) is 1. The summed E-state index contributed by atoms with van der Waals surface area (Å²) in [5.41, 5.74) is 7.39. The first-order valence-corrected chi connectivity index (χ1v) is 6.93. The van der Waals surface area contributed by atoms with Gasteiger partial charge in [-0.25, -0.2) is 4.39 Å². The number of nitrogens with two attached hydrogens (primary N) is 1. The van der Waals surface area contributed by atoms with Gasteiger partial charge in [-0.3, -0.25) is 4.79 Å². The second kappa shape index (κ2) is 5.47. The van der Waals surface area contributed by atoms with Crippen molar-refractivity contribution >= 4 is 23.0 Å². The van der Waals surface area contributed by atoms with Crippen LogP contribution in [0.1, 0.15) is 23.3 Å². The van der Waals surface area contributed by atoms with E-state index < -0.39 is 0 Å². The summed E-state index contributed by atoms with van der Waals surface area (Å²) in [7, 11) is 0. The van der Waals surface area contributed by atoms with Gasteiger partial charge in [-0.1, -0.05) is 0 Å². The number of halogens is 1. The summed E-state index contributed by atoms with van der Waals surface area (Å²) in [6, 6.07) is 6.29. The number of hydrogen-bond acceptors (Lipinski definition) is 3. The van der Waals surface area contributed by atoms with Crippen molar-refractivity contribution < 1.29 is 9.18 Å². The number of aromatic nitrogens is 1. The molecule has 0 saturated carbocycles. The molecule has 0 unspecified atom stereocenters. The van der Waals surface area contributed by atoms with Crippen LogP contribution in [0.4, 0.5) is 21.5 Å². The molecule has 1 aliphatic heterocycles. The van der Waals surface area contributed by atoms with Gasteiger partial charge in [0.1, 0.15) is 11.5 Å². The van der Waals surface area contributed by atoms with Crippen LogP contribution in [-0.2, 0) is 0 Å². The second-order valence-electron chi connectivity index (χ2n) is 5.16. The number of H-pyrrole nitrogens is 1. The number of rotatable bonds is 3. The Kier molecular flexibility index (Phi) is 3.51. The number of nitrogens with one attached hydrogen (secondary N) is 2. The van der Waals surface area contributed by atoms with E-state index in [-0.39, 0.29) is 11.7 Å². The normalized spacial score (nSPS) is 14.4. The molecule has 2 heterocycles. The Hall–Kier alpha value is -2.50. The standard InChI is InChI=1S/C15H17FN4O/c16-12-8-11(3-4-14(12)20-5-1-2-6-20)19-15(21)13-7-10(17)9-18-13/h3-4,7-9,18H,1-2,5-6,17H2,(H,19,21). The molecule has 1 aromatic heterocycles. The molecule has 4 N–H and O–H groups in total. The van der Waals surface area contributed by atoms with Crippen LogP contribution in [-0.4, -0.2) is 24.0 Å². The van der Waals surface area contributed by atoms with Crippen molar-refractivity contribution in [1.82, 2.24) is 4.98 Å². The summed E-state index contributed by atoms with van der Waals surface area (Å²) >= 11 is 0. The molecule has 0 atom stereocenters. The molecule has 3 rings (SSSR count). The monoisotopic (exact) mass is 288 g/mol. The van der Waals surface area contributed by atoms with Gasteiger partial charge in [0, 0.05) is 30.7 Å². The lowest BCUT2D eigenvalue weighted by Gasteiger charge is -2.18. The molecule has 6 heteroatoms. The highest BCUT2D eigenvalue weighted by Crippen LogP contribution is 2.26. The van der Waals surface area contributed by atoms with Gasteiger partial charge in [0.15, 0.2) is 0 Å². The van der Waals surface area contributed by atoms with Crippen molar-refractivity contribution in [1.29, 1.82) is 0 Å². The van der Waals surface area contributed by atoms with Gasteiger partial charge < -0.3 is 20.9 Å². The number of carbonyl (C=O) groups excluding carboxylic acids is 1. The summed E-state index contributed by atoms with van der Waals surface area (Å²) < 4.78 is 14.1. The summed E-state index contributed by atoms with van der Waals surface area (Å²) in [4.78, 5) is 16.7. The first-order chi connectivity index (χ1) is 10.1. The van der Waals surface area contributed by atoms with Crippen LogP contribution in [0.15, 0.2) is 30.5 Å². The third kappa shape index (κ3) is 2.84. The predicted molar refractivity (Wildman–Crippen MR) is 81.0 cm³/mol. The number of nitrogen functional groups attached to an aromatic ring is 1. The van der Waals surface area contributed by atoms with Crippen LogP contribution in [0.5, 0.6) is 0 Å². The zero-order valence-electron chi connectivity index (χ0n) is 11.5. The fourth-order valence-corrected chi connectivity index (χ4v) is 2.54. The molecule has 0 spiro atoms. The highest BCUT2D eigenvalue weighted by atomic mass is 19.1. The molecule has 0 bridgehead atoms. The molecular formula is C15H17FN4O. The van der Waals surface area contributed by atoms with Gasteiger partial charge in [-0.05, 0) is 37.1 Å². The fraction of sp³-hybridized carbons (Fsp3) is 0.267. The molecule has 1 aromatic carbocycles. The lowest BCUT2D eigenvalue weighted by Crippen LogP contribution is -2.19. The predicted octanol–water partition coefficient (Wildman–Crippen LogP) is 2.59. The van der Waals surface area contributed by atoms with E-state index in [1.54, 1.807) is 12.1 Å². The maximum Gasteiger partial charge on any atom is 0.272 e. The summed E-state index contributed by atoms with van der Waals surface area (Å²) in [5, 5.41) is 2.65.